The van der Waals surface area contributed by atoms with Crippen LogP contribution >= 0.6 is 0 Å². The molecule has 0 fully saturated rings. The van der Waals surface area contributed by atoms with Crippen LogP contribution in [0.1, 0.15) is 11.4 Å². The fourth-order valence-corrected chi connectivity index (χ4v) is 1.84. The molecule has 0 aliphatic heterocycles. The van der Waals surface area contributed by atoms with Crippen LogP contribution in [0.2, 0.25) is 0 Å². The highest BCUT2D eigenvalue weighted by molar-refractivity contribution is 5.53. The first-order valence-electron chi connectivity index (χ1n) is 6.75. The quantitative estimate of drug-likeness (QED) is 0.708. The summed E-state index contributed by atoms with van der Waals surface area (Å²) in [5.41, 5.74) is -2.28. The minimum absolute atomic E-state index is 0.0130. The van der Waals surface area contributed by atoms with Gasteiger partial charge in [0.1, 0.15) is 12.0 Å². The summed E-state index contributed by atoms with van der Waals surface area (Å²) in [6.07, 6.45) is -6.35. The Morgan fingerprint density at radius 2 is 1.62 bits per heavy atom. The number of aromatic nitrogens is 6. The van der Waals surface area contributed by atoms with E-state index in [0.717, 1.165) is 35.5 Å². The van der Waals surface area contributed by atoms with E-state index in [1.54, 1.807) is 0 Å². The monoisotopic (exact) mass is 375 g/mol. The molecule has 3 heterocycles. The summed E-state index contributed by atoms with van der Waals surface area (Å²) in [6.45, 7) is 0. The summed E-state index contributed by atoms with van der Waals surface area (Å²) in [5.74, 6) is -0.429. The molecule has 3 rings (SSSR count). The fourth-order valence-electron chi connectivity index (χ4n) is 1.84. The molecule has 26 heavy (non-hydrogen) atoms. The predicted molar refractivity (Wildman–Crippen MR) is 74.5 cm³/mol. The number of pyridine rings is 1. The van der Waals surface area contributed by atoms with Crippen LogP contribution in [-0.4, -0.2) is 29.7 Å². The smallest absolute Gasteiger partial charge is 0.324 e. The number of nitrogens with zero attached hydrogens (tertiary/aromatic N) is 6. The minimum atomic E-state index is -4.63. The van der Waals surface area contributed by atoms with Gasteiger partial charge in [-0.2, -0.15) is 41.4 Å². The van der Waals surface area contributed by atoms with Crippen LogP contribution in [0, 0.1) is 0 Å². The average molecular weight is 375 g/mol. The van der Waals surface area contributed by atoms with Crippen LogP contribution in [0.25, 0.3) is 5.95 Å². The third kappa shape index (κ3) is 3.87. The molecular formula is C13H7F6N7. The third-order valence-electron chi connectivity index (χ3n) is 2.95. The topological polar surface area (TPSA) is 81.4 Å². The zero-order valence-corrected chi connectivity index (χ0v) is 12.4. The van der Waals surface area contributed by atoms with Gasteiger partial charge in [-0.1, -0.05) is 0 Å². The Hall–Kier alpha value is -3.25. The second kappa shape index (κ2) is 6.24. The van der Waals surface area contributed by atoms with E-state index in [4.69, 9.17) is 0 Å². The highest BCUT2D eigenvalue weighted by Gasteiger charge is 2.34. The maximum Gasteiger partial charge on any atom is 0.435 e. The molecule has 0 saturated carbocycles. The lowest BCUT2D eigenvalue weighted by Crippen LogP contribution is -2.10. The summed E-state index contributed by atoms with van der Waals surface area (Å²) < 4.78 is 76.5. The Balaban J connectivity index is 1.85. The van der Waals surface area contributed by atoms with Crippen LogP contribution in [0.15, 0.2) is 36.9 Å². The Bertz CT molecular complexity index is 918. The van der Waals surface area contributed by atoms with Crippen molar-refractivity contribution in [2.45, 2.75) is 12.4 Å². The molecule has 3 aromatic rings. The standard InChI is InChI=1S/C13H7F6N7/c14-12(15,16)8-2-4-26(25-8)11-22-6-21-10(24-11)23-7-1-3-20-9(5-7)13(17,18)19/h1-6H,(H,20,21,22,23,24). The van der Waals surface area contributed by atoms with Crippen molar-refractivity contribution >= 4 is 11.6 Å². The number of nitrogens with one attached hydrogen (secondary N) is 1. The molecule has 136 valence electrons. The van der Waals surface area contributed by atoms with Crippen molar-refractivity contribution in [2.75, 3.05) is 5.32 Å². The van der Waals surface area contributed by atoms with E-state index in [1.165, 1.54) is 6.07 Å². The van der Waals surface area contributed by atoms with Gasteiger partial charge in [0.05, 0.1) is 0 Å². The number of anilines is 2. The minimum Gasteiger partial charge on any atom is -0.324 e. The maximum atomic E-state index is 12.7. The number of alkyl halides is 6. The molecule has 0 saturated heterocycles. The highest BCUT2D eigenvalue weighted by Crippen LogP contribution is 2.29. The van der Waals surface area contributed by atoms with Crippen LogP contribution in [-0.2, 0) is 12.4 Å². The van der Waals surface area contributed by atoms with Crippen molar-refractivity contribution in [3.05, 3.63) is 48.3 Å². The molecular weight excluding hydrogens is 368 g/mol. The third-order valence-corrected chi connectivity index (χ3v) is 2.95. The lowest BCUT2D eigenvalue weighted by Gasteiger charge is -2.09. The summed E-state index contributed by atoms with van der Waals surface area (Å²) >= 11 is 0. The average Bonchev–Trinajstić information content (AvgIpc) is 3.05. The van der Waals surface area contributed by atoms with E-state index in [1.807, 2.05) is 0 Å². The van der Waals surface area contributed by atoms with Crippen LogP contribution < -0.4 is 5.32 Å². The first-order valence-corrected chi connectivity index (χ1v) is 6.75. The Labute approximate surface area is 140 Å². The second-order valence-corrected chi connectivity index (χ2v) is 4.80. The van der Waals surface area contributed by atoms with Gasteiger partial charge < -0.3 is 5.32 Å². The van der Waals surface area contributed by atoms with Crippen molar-refractivity contribution in [3.63, 3.8) is 0 Å². The largest absolute Gasteiger partial charge is 0.435 e. The van der Waals surface area contributed by atoms with Crippen LogP contribution in [0.3, 0.4) is 0 Å². The van der Waals surface area contributed by atoms with Crippen LogP contribution in [0.4, 0.5) is 38.0 Å². The molecule has 0 aliphatic carbocycles. The molecule has 13 heteroatoms. The highest BCUT2D eigenvalue weighted by atomic mass is 19.4. The van der Waals surface area contributed by atoms with Crippen LogP contribution in [0.5, 0.6) is 0 Å². The van der Waals surface area contributed by atoms with Gasteiger partial charge in [-0.3, -0.25) is 4.98 Å². The molecule has 3 aromatic heterocycles. The van der Waals surface area contributed by atoms with Gasteiger partial charge in [0.15, 0.2) is 5.69 Å². The van der Waals surface area contributed by atoms with E-state index in [0.29, 0.717) is 0 Å². The van der Waals surface area contributed by atoms with Crippen molar-refractivity contribution in [1.82, 2.24) is 29.7 Å². The fraction of sp³-hybridized carbons (Fsp3) is 0.154. The van der Waals surface area contributed by atoms with Crippen molar-refractivity contribution in [1.29, 1.82) is 0 Å². The van der Waals surface area contributed by atoms with E-state index in [2.05, 4.69) is 30.4 Å². The molecule has 0 spiro atoms. The predicted octanol–water partition coefficient (Wildman–Crippen LogP) is 3.23. The first kappa shape index (κ1) is 17.6. The molecule has 0 amide bonds. The summed E-state index contributed by atoms with van der Waals surface area (Å²) in [4.78, 5) is 14.4. The number of rotatable bonds is 3. The lowest BCUT2D eigenvalue weighted by atomic mass is 10.3. The Morgan fingerprint density at radius 3 is 2.27 bits per heavy atom. The molecule has 0 bridgehead atoms. The van der Waals surface area contributed by atoms with Gasteiger partial charge in [0.25, 0.3) is 5.95 Å². The Kier molecular flexibility index (Phi) is 4.21. The summed E-state index contributed by atoms with van der Waals surface area (Å²) in [7, 11) is 0. The van der Waals surface area contributed by atoms with Crippen molar-refractivity contribution < 1.29 is 26.3 Å². The van der Waals surface area contributed by atoms with E-state index in [9.17, 15) is 26.3 Å². The zero-order valence-electron chi connectivity index (χ0n) is 12.4. The maximum absolute atomic E-state index is 12.7. The molecule has 0 unspecified atom stereocenters. The van der Waals surface area contributed by atoms with Gasteiger partial charge >= 0.3 is 12.4 Å². The number of hydrogen-bond donors (Lipinski definition) is 1. The molecule has 0 aliphatic rings. The number of halogens is 6. The molecule has 0 aromatic carbocycles. The first-order chi connectivity index (χ1) is 12.1. The molecule has 0 radical (unpaired) electrons. The zero-order chi connectivity index (χ0) is 18.9. The summed E-state index contributed by atoms with van der Waals surface area (Å²) in [5, 5.41) is 5.80. The SMILES string of the molecule is FC(F)(F)c1cc(Nc2ncnc(-n3ccc(C(F)(F)F)n3)n2)ccn1. The van der Waals surface area contributed by atoms with Gasteiger partial charge in [-0.15, -0.1) is 0 Å². The van der Waals surface area contributed by atoms with E-state index < -0.39 is 23.7 Å². The number of hydrogen-bond acceptors (Lipinski definition) is 6. The van der Waals surface area contributed by atoms with E-state index in [-0.39, 0.29) is 17.6 Å². The lowest BCUT2D eigenvalue weighted by molar-refractivity contribution is -0.142. The molecule has 0 atom stereocenters. The normalized spacial score (nSPS) is 12.2. The second-order valence-electron chi connectivity index (χ2n) is 4.80. The van der Waals surface area contributed by atoms with Gasteiger partial charge in [-0.05, 0) is 18.2 Å². The van der Waals surface area contributed by atoms with Crippen molar-refractivity contribution in [3.8, 4) is 5.95 Å². The molecule has 7 nitrogen and oxygen atoms in total. The van der Waals surface area contributed by atoms with Crippen molar-refractivity contribution in [2.24, 2.45) is 0 Å². The van der Waals surface area contributed by atoms with Gasteiger partial charge in [0.2, 0.25) is 5.95 Å². The van der Waals surface area contributed by atoms with Gasteiger partial charge in [0, 0.05) is 18.1 Å². The summed E-state index contributed by atoms with van der Waals surface area (Å²) in [6, 6.07) is 2.71. The Morgan fingerprint density at radius 1 is 0.885 bits per heavy atom. The van der Waals surface area contributed by atoms with E-state index >= 15 is 0 Å². The molecule has 1 N–H and O–H groups in total. The van der Waals surface area contributed by atoms with Gasteiger partial charge in [-0.25, -0.2) is 9.67 Å².